The molecule has 0 saturated heterocycles. The van der Waals surface area contributed by atoms with Crippen molar-refractivity contribution in [3.05, 3.63) is 108 Å². The molecule has 0 radical (unpaired) electrons. The molecule has 160 valence electrons. The van der Waals surface area contributed by atoms with Crippen LogP contribution in [-0.2, 0) is 6.61 Å². The first-order valence-electron chi connectivity index (χ1n) is 11.6. The van der Waals surface area contributed by atoms with Gasteiger partial charge in [0.1, 0.15) is 12.4 Å². The van der Waals surface area contributed by atoms with E-state index in [1.54, 1.807) is 0 Å². The molecular weight excluding hydrogens is 388 g/mol. The Bertz CT molecular complexity index is 1260. The first-order chi connectivity index (χ1) is 15.6. The van der Waals surface area contributed by atoms with E-state index < -0.39 is 0 Å². The second-order valence-electron chi connectivity index (χ2n) is 9.57. The molecule has 1 aliphatic carbocycles. The van der Waals surface area contributed by atoms with Crippen LogP contribution < -0.4 is 4.74 Å². The average Bonchev–Trinajstić information content (AvgIpc) is 2.83. The summed E-state index contributed by atoms with van der Waals surface area (Å²) >= 11 is 0. The monoisotopic (exact) mass is 418 g/mol. The van der Waals surface area contributed by atoms with Gasteiger partial charge in [0, 0.05) is 5.39 Å². The summed E-state index contributed by atoms with van der Waals surface area (Å²) in [6.07, 6.45) is 5.98. The molecule has 1 nitrogen and oxygen atoms in total. The molecule has 0 N–H and O–H groups in total. The average molecular weight is 419 g/mol. The standard InChI is InChI=1S/C31H30O/c1-31(2)20-18-24(19-21-31)25-12-6-7-13-26(25)28-16-17-30(29-15-9-8-14-27(28)29)32-22-23-10-4-3-5-11-23/h3-18H,19-22H2,1-2H3. The van der Waals surface area contributed by atoms with Crippen molar-refractivity contribution < 1.29 is 4.74 Å². The largest absolute Gasteiger partial charge is 0.488 e. The molecule has 4 aromatic rings. The summed E-state index contributed by atoms with van der Waals surface area (Å²) in [6.45, 7) is 5.31. The third-order valence-electron chi connectivity index (χ3n) is 6.66. The minimum atomic E-state index is 0.406. The summed E-state index contributed by atoms with van der Waals surface area (Å²) in [5.41, 5.74) is 7.01. The highest BCUT2D eigenvalue weighted by molar-refractivity contribution is 6.02. The maximum atomic E-state index is 6.25. The molecular formula is C31H30O. The number of ether oxygens (including phenoxy) is 1. The Morgan fingerprint density at radius 2 is 1.38 bits per heavy atom. The number of fused-ring (bicyclic) bond motifs is 1. The van der Waals surface area contributed by atoms with Gasteiger partial charge >= 0.3 is 0 Å². The van der Waals surface area contributed by atoms with E-state index in [0.29, 0.717) is 12.0 Å². The molecule has 0 fully saturated rings. The minimum absolute atomic E-state index is 0.406. The van der Waals surface area contributed by atoms with Crippen LogP contribution in [0.1, 0.15) is 44.2 Å². The van der Waals surface area contributed by atoms with Crippen LogP contribution in [0, 0.1) is 5.41 Å². The van der Waals surface area contributed by atoms with Gasteiger partial charge in [0.2, 0.25) is 0 Å². The fourth-order valence-corrected chi connectivity index (χ4v) is 4.69. The zero-order chi connectivity index (χ0) is 22.0. The van der Waals surface area contributed by atoms with Crippen LogP contribution >= 0.6 is 0 Å². The molecule has 0 spiro atoms. The van der Waals surface area contributed by atoms with E-state index >= 15 is 0 Å². The van der Waals surface area contributed by atoms with Crippen LogP contribution in [0.4, 0.5) is 0 Å². The third-order valence-corrected chi connectivity index (χ3v) is 6.66. The van der Waals surface area contributed by atoms with Gasteiger partial charge in [0.05, 0.1) is 0 Å². The van der Waals surface area contributed by atoms with Crippen molar-refractivity contribution in [2.24, 2.45) is 5.41 Å². The fraction of sp³-hybridized carbons (Fsp3) is 0.226. The Morgan fingerprint density at radius 3 is 2.12 bits per heavy atom. The molecule has 1 aliphatic rings. The van der Waals surface area contributed by atoms with Gasteiger partial charge in [-0.3, -0.25) is 0 Å². The van der Waals surface area contributed by atoms with Crippen LogP contribution in [0.5, 0.6) is 5.75 Å². The summed E-state index contributed by atoms with van der Waals surface area (Å²) in [4.78, 5) is 0. The Kier molecular flexibility index (Phi) is 5.57. The molecule has 5 rings (SSSR count). The van der Waals surface area contributed by atoms with Crippen LogP contribution in [0.3, 0.4) is 0 Å². The van der Waals surface area contributed by atoms with E-state index in [1.165, 1.54) is 39.6 Å². The molecule has 4 aromatic carbocycles. The quantitative estimate of drug-likeness (QED) is 0.315. The van der Waals surface area contributed by atoms with Crippen LogP contribution in [-0.4, -0.2) is 0 Å². The van der Waals surface area contributed by atoms with Crippen LogP contribution in [0.2, 0.25) is 0 Å². The van der Waals surface area contributed by atoms with Gasteiger partial charge in [-0.2, -0.15) is 0 Å². The maximum Gasteiger partial charge on any atom is 0.127 e. The number of benzene rings is 4. The Morgan fingerprint density at radius 1 is 0.688 bits per heavy atom. The van der Waals surface area contributed by atoms with Crippen molar-refractivity contribution >= 4 is 16.3 Å². The summed E-state index contributed by atoms with van der Waals surface area (Å²) in [5.74, 6) is 0.935. The van der Waals surface area contributed by atoms with Gasteiger partial charge in [-0.15, -0.1) is 0 Å². The van der Waals surface area contributed by atoms with Gasteiger partial charge in [-0.1, -0.05) is 105 Å². The molecule has 0 saturated carbocycles. The first kappa shape index (κ1) is 20.6. The molecule has 32 heavy (non-hydrogen) atoms. The van der Waals surface area contributed by atoms with E-state index in [9.17, 15) is 0 Å². The summed E-state index contributed by atoms with van der Waals surface area (Å²) < 4.78 is 6.25. The molecule has 0 amide bonds. The van der Waals surface area contributed by atoms with Crippen LogP contribution in [0.15, 0.2) is 97.1 Å². The summed E-state index contributed by atoms with van der Waals surface area (Å²) in [7, 11) is 0. The van der Waals surface area contributed by atoms with Crippen molar-refractivity contribution in [3.63, 3.8) is 0 Å². The zero-order valence-electron chi connectivity index (χ0n) is 19.0. The van der Waals surface area contributed by atoms with Gasteiger partial charge in [0.15, 0.2) is 0 Å². The van der Waals surface area contributed by atoms with Gasteiger partial charge in [0.25, 0.3) is 0 Å². The smallest absolute Gasteiger partial charge is 0.127 e. The lowest BCUT2D eigenvalue weighted by atomic mass is 9.76. The number of rotatable bonds is 5. The molecule has 0 heterocycles. The fourth-order valence-electron chi connectivity index (χ4n) is 4.69. The highest BCUT2D eigenvalue weighted by Gasteiger charge is 2.23. The van der Waals surface area contributed by atoms with Gasteiger partial charge < -0.3 is 4.74 Å². The third kappa shape index (κ3) is 4.21. The van der Waals surface area contributed by atoms with Gasteiger partial charge in [-0.25, -0.2) is 0 Å². The van der Waals surface area contributed by atoms with Crippen molar-refractivity contribution in [1.29, 1.82) is 0 Å². The molecule has 0 bridgehead atoms. The predicted molar refractivity (Wildman–Crippen MR) is 136 cm³/mol. The van der Waals surface area contributed by atoms with E-state index in [4.69, 9.17) is 4.74 Å². The summed E-state index contributed by atoms with van der Waals surface area (Å²) in [6, 6.07) is 32.2. The SMILES string of the molecule is CC1(C)CC=C(c2ccccc2-c2ccc(OCc3ccccc3)c3ccccc23)CC1. The van der Waals surface area contributed by atoms with Crippen molar-refractivity contribution in [3.8, 4) is 16.9 Å². The van der Waals surface area contributed by atoms with E-state index in [0.717, 1.165) is 24.0 Å². The Hall–Kier alpha value is -3.32. The molecule has 1 heteroatoms. The Labute approximate surface area is 191 Å². The van der Waals surface area contributed by atoms with Gasteiger partial charge in [-0.05, 0) is 64.0 Å². The lowest BCUT2D eigenvalue weighted by molar-refractivity contribution is 0.310. The van der Waals surface area contributed by atoms with Crippen molar-refractivity contribution in [2.45, 2.75) is 39.7 Å². The predicted octanol–water partition coefficient (Wildman–Crippen LogP) is 8.68. The number of hydrogen-bond acceptors (Lipinski definition) is 1. The molecule has 0 aliphatic heterocycles. The molecule has 0 atom stereocenters. The van der Waals surface area contributed by atoms with Crippen molar-refractivity contribution in [2.75, 3.05) is 0 Å². The maximum absolute atomic E-state index is 6.25. The second-order valence-corrected chi connectivity index (χ2v) is 9.57. The lowest BCUT2D eigenvalue weighted by Gasteiger charge is -2.29. The minimum Gasteiger partial charge on any atom is -0.488 e. The normalized spacial score (nSPS) is 15.4. The molecule has 0 aromatic heterocycles. The highest BCUT2D eigenvalue weighted by Crippen LogP contribution is 2.42. The summed E-state index contributed by atoms with van der Waals surface area (Å²) in [5, 5.41) is 2.40. The zero-order valence-corrected chi connectivity index (χ0v) is 19.0. The Balaban J connectivity index is 1.55. The van der Waals surface area contributed by atoms with E-state index in [2.05, 4.69) is 105 Å². The van der Waals surface area contributed by atoms with Crippen molar-refractivity contribution in [1.82, 2.24) is 0 Å². The first-order valence-corrected chi connectivity index (χ1v) is 11.6. The topological polar surface area (TPSA) is 9.23 Å². The number of hydrogen-bond donors (Lipinski definition) is 0. The van der Waals surface area contributed by atoms with E-state index in [-0.39, 0.29) is 0 Å². The highest BCUT2D eigenvalue weighted by atomic mass is 16.5. The van der Waals surface area contributed by atoms with E-state index in [1.807, 2.05) is 6.07 Å². The lowest BCUT2D eigenvalue weighted by Crippen LogP contribution is -2.14. The van der Waals surface area contributed by atoms with Crippen LogP contribution in [0.25, 0.3) is 27.5 Å². The molecule has 0 unspecified atom stereocenters. The second kappa shape index (κ2) is 8.67. The number of allylic oxidation sites excluding steroid dienone is 2.